The van der Waals surface area contributed by atoms with Crippen molar-refractivity contribution in [3.05, 3.63) is 53.3 Å². The minimum absolute atomic E-state index is 0.443. The Morgan fingerprint density at radius 3 is 2.14 bits per heavy atom. The molecule has 2 heterocycles. The second-order valence-electron chi connectivity index (χ2n) is 6.08. The fourth-order valence-corrected chi connectivity index (χ4v) is 3.13. The number of hydrogen-bond acceptors (Lipinski definition) is 3. The van der Waals surface area contributed by atoms with Gasteiger partial charge in [0, 0.05) is 30.5 Å². The van der Waals surface area contributed by atoms with Crippen molar-refractivity contribution in [3.8, 4) is 11.1 Å². The predicted octanol–water partition coefficient (Wildman–Crippen LogP) is 3.76. The van der Waals surface area contributed by atoms with Gasteiger partial charge in [-0.25, -0.2) is 0 Å². The quantitative estimate of drug-likeness (QED) is 0.862. The third kappa shape index (κ3) is 3.37. The largest absolute Gasteiger partial charge is 0.379 e. The van der Waals surface area contributed by atoms with Gasteiger partial charge in [-0.05, 0) is 49.6 Å². The molecule has 0 unspecified atom stereocenters. The fraction of sp³-hybridized carbons (Fsp3) is 0.421. The molecule has 0 N–H and O–H groups in total. The minimum atomic E-state index is 0.443. The van der Waals surface area contributed by atoms with Crippen LogP contribution in [0, 0.1) is 13.8 Å². The highest BCUT2D eigenvalue weighted by Crippen LogP contribution is 2.26. The first kappa shape index (κ1) is 15.2. The van der Waals surface area contributed by atoms with Crippen LogP contribution >= 0.6 is 0 Å². The van der Waals surface area contributed by atoms with E-state index in [9.17, 15) is 0 Å². The van der Waals surface area contributed by atoms with Gasteiger partial charge in [-0.3, -0.25) is 9.88 Å². The van der Waals surface area contributed by atoms with Crippen LogP contribution in [0.1, 0.15) is 29.9 Å². The molecule has 3 rings (SSSR count). The number of morpholine rings is 1. The second kappa shape index (κ2) is 6.59. The monoisotopic (exact) mass is 296 g/mol. The van der Waals surface area contributed by atoms with Gasteiger partial charge < -0.3 is 4.74 Å². The molecule has 0 radical (unpaired) electrons. The zero-order valence-electron chi connectivity index (χ0n) is 13.7. The van der Waals surface area contributed by atoms with E-state index in [1.807, 2.05) is 13.8 Å². The van der Waals surface area contributed by atoms with Crippen LogP contribution in [0.25, 0.3) is 11.1 Å². The Kier molecular flexibility index (Phi) is 4.55. The number of aryl methyl sites for hydroxylation is 2. The summed E-state index contributed by atoms with van der Waals surface area (Å²) in [5, 5.41) is 0. The van der Waals surface area contributed by atoms with Gasteiger partial charge in [-0.2, -0.15) is 0 Å². The smallest absolute Gasteiger partial charge is 0.0594 e. The van der Waals surface area contributed by atoms with Crippen molar-refractivity contribution in [1.29, 1.82) is 0 Å². The van der Waals surface area contributed by atoms with E-state index in [2.05, 4.69) is 53.2 Å². The van der Waals surface area contributed by atoms with Crippen LogP contribution < -0.4 is 0 Å². The van der Waals surface area contributed by atoms with E-state index in [4.69, 9.17) is 4.74 Å². The van der Waals surface area contributed by atoms with Crippen molar-refractivity contribution in [2.45, 2.75) is 26.8 Å². The Hall–Kier alpha value is -1.71. The van der Waals surface area contributed by atoms with Crippen molar-refractivity contribution in [1.82, 2.24) is 9.88 Å². The molecule has 1 atom stereocenters. The molecule has 1 aromatic carbocycles. The average molecular weight is 296 g/mol. The Labute approximate surface area is 132 Å². The normalized spacial score (nSPS) is 17.4. The van der Waals surface area contributed by atoms with E-state index in [1.165, 1.54) is 16.7 Å². The summed E-state index contributed by atoms with van der Waals surface area (Å²) in [5.41, 5.74) is 6.01. The fourth-order valence-electron chi connectivity index (χ4n) is 3.13. The number of pyridine rings is 1. The van der Waals surface area contributed by atoms with Gasteiger partial charge in [0.25, 0.3) is 0 Å². The highest BCUT2D eigenvalue weighted by atomic mass is 16.5. The highest BCUT2D eigenvalue weighted by molar-refractivity contribution is 5.64. The third-order valence-corrected chi connectivity index (χ3v) is 4.40. The van der Waals surface area contributed by atoms with Gasteiger partial charge in [-0.1, -0.05) is 24.3 Å². The lowest BCUT2D eigenvalue weighted by molar-refractivity contribution is 0.0198. The lowest BCUT2D eigenvalue weighted by Crippen LogP contribution is -2.37. The molecule has 116 valence electrons. The van der Waals surface area contributed by atoms with Crippen LogP contribution in [0.5, 0.6) is 0 Å². The van der Waals surface area contributed by atoms with E-state index >= 15 is 0 Å². The Morgan fingerprint density at radius 2 is 1.55 bits per heavy atom. The van der Waals surface area contributed by atoms with Gasteiger partial charge in [0.2, 0.25) is 0 Å². The SMILES string of the molecule is Cc1cc(-c2ccc([C@H](C)N3CCOCC3)cc2)cc(C)n1. The van der Waals surface area contributed by atoms with E-state index in [1.54, 1.807) is 0 Å². The zero-order chi connectivity index (χ0) is 15.5. The number of ether oxygens (including phenoxy) is 1. The zero-order valence-corrected chi connectivity index (χ0v) is 13.7. The summed E-state index contributed by atoms with van der Waals surface area (Å²) in [4.78, 5) is 6.93. The standard InChI is InChI=1S/C19H24N2O/c1-14-12-19(13-15(2)20-14)18-6-4-17(5-7-18)16(3)21-8-10-22-11-9-21/h4-7,12-13,16H,8-11H2,1-3H3/t16-/m0/s1. The first-order valence-electron chi connectivity index (χ1n) is 8.01. The average Bonchev–Trinajstić information content (AvgIpc) is 2.54. The summed E-state index contributed by atoms with van der Waals surface area (Å²) < 4.78 is 5.44. The van der Waals surface area contributed by atoms with Gasteiger partial charge >= 0.3 is 0 Å². The lowest BCUT2D eigenvalue weighted by Gasteiger charge is -2.32. The van der Waals surface area contributed by atoms with Crippen molar-refractivity contribution in [3.63, 3.8) is 0 Å². The third-order valence-electron chi connectivity index (χ3n) is 4.40. The van der Waals surface area contributed by atoms with Crippen molar-refractivity contribution < 1.29 is 4.74 Å². The molecular formula is C19H24N2O. The molecule has 3 nitrogen and oxygen atoms in total. The maximum absolute atomic E-state index is 5.44. The maximum atomic E-state index is 5.44. The second-order valence-corrected chi connectivity index (χ2v) is 6.08. The summed E-state index contributed by atoms with van der Waals surface area (Å²) in [5.74, 6) is 0. The Bertz CT molecular complexity index is 610. The number of nitrogens with zero attached hydrogens (tertiary/aromatic N) is 2. The van der Waals surface area contributed by atoms with E-state index < -0.39 is 0 Å². The molecule has 22 heavy (non-hydrogen) atoms. The van der Waals surface area contributed by atoms with Gasteiger partial charge in [0.05, 0.1) is 13.2 Å². The van der Waals surface area contributed by atoms with Crippen LogP contribution in [-0.2, 0) is 4.74 Å². The Morgan fingerprint density at radius 1 is 0.955 bits per heavy atom. The van der Waals surface area contributed by atoms with Crippen LogP contribution in [0.3, 0.4) is 0 Å². The van der Waals surface area contributed by atoms with Gasteiger partial charge in [0.1, 0.15) is 0 Å². The van der Waals surface area contributed by atoms with E-state index in [-0.39, 0.29) is 0 Å². The molecule has 2 aromatic rings. The molecular weight excluding hydrogens is 272 g/mol. The van der Waals surface area contributed by atoms with Crippen molar-refractivity contribution in [2.24, 2.45) is 0 Å². The number of aromatic nitrogens is 1. The number of benzene rings is 1. The van der Waals surface area contributed by atoms with Crippen molar-refractivity contribution >= 4 is 0 Å². The van der Waals surface area contributed by atoms with Crippen molar-refractivity contribution in [2.75, 3.05) is 26.3 Å². The molecule has 1 saturated heterocycles. The van der Waals surface area contributed by atoms with Gasteiger partial charge in [-0.15, -0.1) is 0 Å². The first-order chi connectivity index (χ1) is 10.6. The van der Waals surface area contributed by atoms with E-state index in [0.29, 0.717) is 6.04 Å². The molecule has 1 fully saturated rings. The molecule has 1 aliphatic heterocycles. The Balaban J connectivity index is 1.79. The molecule has 0 spiro atoms. The molecule has 1 aromatic heterocycles. The summed E-state index contributed by atoms with van der Waals surface area (Å²) in [6, 6.07) is 13.7. The predicted molar refractivity (Wildman–Crippen MR) is 90.0 cm³/mol. The molecule has 0 amide bonds. The summed E-state index contributed by atoms with van der Waals surface area (Å²) >= 11 is 0. The van der Waals surface area contributed by atoms with Crippen LogP contribution in [0.15, 0.2) is 36.4 Å². The minimum Gasteiger partial charge on any atom is -0.379 e. The number of hydrogen-bond donors (Lipinski definition) is 0. The van der Waals surface area contributed by atoms with Crippen LogP contribution in [0.2, 0.25) is 0 Å². The molecule has 0 saturated carbocycles. The summed E-state index contributed by atoms with van der Waals surface area (Å²) in [7, 11) is 0. The maximum Gasteiger partial charge on any atom is 0.0594 e. The first-order valence-corrected chi connectivity index (χ1v) is 8.01. The van der Waals surface area contributed by atoms with Crippen LogP contribution in [-0.4, -0.2) is 36.2 Å². The summed E-state index contributed by atoms with van der Waals surface area (Å²) in [6.45, 7) is 10.1. The molecule has 3 heteroatoms. The van der Waals surface area contributed by atoms with Crippen LogP contribution in [0.4, 0.5) is 0 Å². The molecule has 0 aliphatic carbocycles. The molecule has 1 aliphatic rings. The molecule has 0 bridgehead atoms. The highest BCUT2D eigenvalue weighted by Gasteiger charge is 2.18. The number of rotatable bonds is 3. The lowest BCUT2D eigenvalue weighted by atomic mass is 10.00. The summed E-state index contributed by atoms with van der Waals surface area (Å²) in [6.07, 6.45) is 0. The van der Waals surface area contributed by atoms with E-state index in [0.717, 1.165) is 37.7 Å². The van der Waals surface area contributed by atoms with Gasteiger partial charge in [0.15, 0.2) is 0 Å². The topological polar surface area (TPSA) is 25.4 Å².